The highest BCUT2D eigenvalue weighted by atomic mass is 15.3. The molecule has 0 atom stereocenters. The van der Waals surface area contributed by atoms with Crippen LogP contribution in [0.5, 0.6) is 0 Å². The highest BCUT2D eigenvalue weighted by molar-refractivity contribution is 5.56. The van der Waals surface area contributed by atoms with Gasteiger partial charge in [0.1, 0.15) is 12.7 Å². The molecule has 88 valence electrons. The van der Waals surface area contributed by atoms with Crippen LogP contribution in [0.2, 0.25) is 0 Å². The average molecular weight is 229 g/mol. The van der Waals surface area contributed by atoms with Crippen molar-refractivity contribution in [2.24, 2.45) is 5.92 Å². The molecular formula is C12H15N5. The van der Waals surface area contributed by atoms with Gasteiger partial charge in [-0.05, 0) is 30.9 Å². The molecule has 17 heavy (non-hydrogen) atoms. The molecule has 0 aliphatic heterocycles. The number of hydrogen-bond donors (Lipinski definition) is 1. The molecule has 0 saturated heterocycles. The minimum atomic E-state index is 0.810. The Kier molecular flexibility index (Phi) is 2.73. The summed E-state index contributed by atoms with van der Waals surface area (Å²) in [5.41, 5.74) is 1.02. The van der Waals surface area contributed by atoms with Crippen molar-refractivity contribution in [3.63, 3.8) is 0 Å². The molecule has 5 heteroatoms. The fourth-order valence-electron chi connectivity index (χ4n) is 1.99. The fourth-order valence-corrected chi connectivity index (χ4v) is 1.99. The highest BCUT2D eigenvalue weighted by Crippen LogP contribution is 2.27. The van der Waals surface area contributed by atoms with Gasteiger partial charge >= 0.3 is 0 Å². The van der Waals surface area contributed by atoms with Crippen LogP contribution in [0.1, 0.15) is 19.3 Å². The van der Waals surface area contributed by atoms with Crippen LogP contribution in [0.25, 0.3) is 5.82 Å². The molecule has 1 aliphatic rings. The quantitative estimate of drug-likeness (QED) is 0.869. The monoisotopic (exact) mass is 229 g/mol. The minimum Gasteiger partial charge on any atom is -0.382 e. The summed E-state index contributed by atoms with van der Waals surface area (Å²) >= 11 is 0. The Hall–Kier alpha value is -1.91. The number of rotatable bonds is 4. The van der Waals surface area contributed by atoms with E-state index >= 15 is 0 Å². The van der Waals surface area contributed by atoms with Crippen LogP contribution in [0.3, 0.4) is 0 Å². The summed E-state index contributed by atoms with van der Waals surface area (Å²) in [7, 11) is 0. The van der Waals surface area contributed by atoms with Gasteiger partial charge in [-0.1, -0.05) is 6.42 Å². The van der Waals surface area contributed by atoms with E-state index in [4.69, 9.17) is 0 Å². The summed E-state index contributed by atoms with van der Waals surface area (Å²) in [5, 5.41) is 7.56. The third kappa shape index (κ3) is 2.13. The molecule has 2 heterocycles. The van der Waals surface area contributed by atoms with Gasteiger partial charge in [-0.25, -0.2) is 14.6 Å². The predicted octanol–water partition coefficient (Wildman–Crippen LogP) is 1.87. The van der Waals surface area contributed by atoms with Crippen LogP contribution >= 0.6 is 0 Å². The van der Waals surface area contributed by atoms with Crippen molar-refractivity contribution in [3.05, 3.63) is 31.0 Å². The molecule has 5 nitrogen and oxygen atoms in total. The third-order valence-electron chi connectivity index (χ3n) is 3.23. The molecule has 0 bridgehead atoms. The first-order valence-electron chi connectivity index (χ1n) is 5.97. The number of aromatic nitrogens is 4. The van der Waals surface area contributed by atoms with E-state index in [0.717, 1.165) is 24.0 Å². The maximum absolute atomic E-state index is 4.34. The summed E-state index contributed by atoms with van der Waals surface area (Å²) < 4.78 is 1.68. The van der Waals surface area contributed by atoms with Gasteiger partial charge in [-0.3, -0.25) is 0 Å². The molecule has 1 fully saturated rings. The second-order valence-electron chi connectivity index (χ2n) is 4.39. The summed E-state index contributed by atoms with van der Waals surface area (Å²) in [6.07, 6.45) is 9.00. The first-order valence-corrected chi connectivity index (χ1v) is 5.97. The second-order valence-corrected chi connectivity index (χ2v) is 4.39. The van der Waals surface area contributed by atoms with E-state index in [9.17, 15) is 0 Å². The van der Waals surface area contributed by atoms with E-state index in [1.54, 1.807) is 17.2 Å². The SMILES string of the molecule is c1cnc(-n2cncn2)c(NCC2CCC2)c1. The Morgan fingerprint density at radius 2 is 2.35 bits per heavy atom. The van der Waals surface area contributed by atoms with E-state index in [1.807, 2.05) is 12.1 Å². The van der Waals surface area contributed by atoms with Gasteiger partial charge in [-0.15, -0.1) is 0 Å². The second kappa shape index (κ2) is 4.53. The normalized spacial score (nSPS) is 15.5. The summed E-state index contributed by atoms with van der Waals surface area (Å²) in [6, 6.07) is 3.96. The van der Waals surface area contributed by atoms with E-state index in [-0.39, 0.29) is 0 Å². The van der Waals surface area contributed by atoms with Crippen molar-refractivity contribution in [1.82, 2.24) is 19.7 Å². The van der Waals surface area contributed by atoms with Gasteiger partial charge in [0.2, 0.25) is 0 Å². The minimum absolute atomic E-state index is 0.810. The van der Waals surface area contributed by atoms with Crippen molar-refractivity contribution < 1.29 is 0 Å². The van der Waals surface area contributed by atoms with Crippen molar-refractivity contribution in [1.29, 1.82) is 0 Å². The fraction of sp³-hybridized carbons (Fsp3) is 0.417. The van der Waals surface area contributed by atoms with Crippen LogP contribution < -0.4 is 5.32 Å². The largest absolute Gasteiger partial charge is 0.382 e. The maximum atomic E-state index is 4.34. The maximum Gasteiger partial charge on any atom is 0.178 e. The molecule has 1 N–H and O–H groups in total. The molecule has 2 aromatic rings. The Bertz CT molecular complexity index is 475. The summed E-state index contributed by atoms with van der Waals surface area (Å²) in [5.74, 6) is 1.63. The van der Waals surface area contributed by atoms with Gasteiger partial charge in [-0.2, -0.15) is 5.10 Å². The van der Waals surface area contributed by atoms with Crippen LogP contribution in [-0.2, 0) is 0 Å². The van der Waals surface area contributed by atoms with Gasteiger partial charge in [0.25, 0.3) is 0 Å². The van der Waals surface area contributed by atoms with Crippen molar-refractivity contribution in [2.75, 3.05) is 11.9 Å². The number of anilines is 1. The number of pyridine rings is 1. The van der Waals surface area contributed by atoms with Crippen molar-refractivity contribution in [2.45, 2.75) is 19.3 Å². The summed E-state index contributed by atoms with van der Waals surface area (Å²) in [6.45, 7) is 1.02. The Labute approximate surface area is 99.9 Å². The highest BCUT2D eigenvalue weighted by Gasteiger charge is 2.17. The Morgan fingerprint density at radius 3 is 3.06 bits per heavy atom. The first kappa shape index (κ1) is 10.3. The average Bonchev–Trinajstić information content (AvgIpc) is 2.81. The lowest BCUT2D eigenvalue weighted by molar-refractivity contribution is 0.333. The van der Waals surface area contributed by atoms with Crippen molar-refractivity contribution in [3.8, 4) is 5.82 Å². The molecule has 0 radical (unpaired) electrons. The smallest absolute Gasteiger partial charge is 0.178 e. The molecule has 0 amide bonds. The lowest BCUT2D eigenvalue weighted by Gasteiger charge is -2.26. The van der Waals surface area contributed by atoms with Crippen LogP contribution in [-0.4, -0.2) is 26.3 Å². The number of nitrogens with one attached hydrogen (secondary N) is 1. The molecular weight excluding hydrogens is 214 g/mol. The molecule has 2 aromatic heterocycles. The van der Waals surface area contributed by atoms with Crippen LogP contribution in [0, 0.1) is 5.92 Å². The summed E-state index contributed by atoms with van der Waals surface area (Å²) in [4.78, 5) is 8.29. The third-order valence-corrected chi connectivity index (χ3v) is 3.23. The molecule has 0 aromatic carbocycles. The van der Waals surface area contributed by atoms with E-state index in [2.05, 4.69) is 20.4 Å². The van der Waals surface area contributed by atoms with Gasteiger partial charge in [0.15, 0.2) is 5.82 Å². The molecule has 0 spiro atoms. The lowest BCUT2D eigenvalue weighted by Crippen LogP contribution is -2.21. The van der Waals surface area contributed by atoms with Gasteiger partial charge in [0, 0.05) is 12.7 Å². The van der Waals surface area contributed by atoms with E-state index < -0.39 is 0 Å². The zero-order valence-corrected chi connectivity index (χ0v) is 9.58. The number of nitrogens with zero attached hydrogens (tertiary/aromatic N) is 4. The molecule has 0 unspecified atom stereocenters. The molecule has 3 rings (SSSR count). The van der Waals surface area contributed by atoms with Crippen LogP contribution in [0.15, 0.2) is 31.0 Å². The van der Waals surface area contributed by atoms with Crippen LogP contribution in [0.4, 0.5) is 5.69 Å². The van der Waals surface area contributed by atoms with E-state index in [1.165, 1.54) is 25.6 Å². The van der Waals surface area contributed by atoms with Crippen molar-refractivity contribution >= 4 is 5.69 Å². The number of hydrogen-bond acceptors (Lipinski definition) is 4. The standard InChI is InChI=1S/C12H15N5/c1-3-10(4-1)7-15-11-5-2-6-14-12(11)17-9-13-8-16-17/h2,5-6,8-10,15H,1,3-4,7H2. The first-order chi connectivity index (χ1) is 8.43. The Balaban J connectivity index is 1.78. The Morgan fingerprint density at radius 1 is 1.41 bits per heavy atom. The van der Waals surface area contributed by atoms with Gasteiger partial charge < -0.3 is 5.32 Å². The van der Waals surface area contributed by atoms with E-state index in [0.29, 0.717) is 0 Å². The topological polar surface area (TPSA) is 55.6 Å². The zero-order chi connectivity index (χ0) is 11.5. The molecule has 1 aliphatic carbocycles. The molecule has 1 saturated carbocycles. The predicted molar refractivity (Wildman–Crippen MR) is 65.0 cm³/mol. The van der Waals surface area contributed by atoms with Gasteiger partial charge in [0.05, 0.1) is 5.69 Å². The zero-order valence-electron chi connectivity index (χ0n) is 9.58. The lowest BCUT2D eigenvalue weighted by atomic mass is 9.85.